The molecule has 0 spiro atoms. The largest absolute Gasteiger partial charge is 0.357 e. The molecule has 2 aromatic heterocycles. The van der Waals surface area contributed by atoms with E-state index in [1.807, 2.05) is 42.6 Å². The van der Waals surface area contributed by atoms with Gasteiger partial charge in [-0.05, 0) is 18.1 Å². The highest BCUT2D eigenvalue weighted by atomic mass is 32.1. The molecule has 0 saturated heterocycles. The lowest BCUT2D eigenvalue weighted by molar-refractivity contribution is -0.129. The van der Waals surface area contributed by atoms with E-state index in [2.05, 4.69) is 15.6 Å². The molecule has 32 heavy (non-hydrogen) atoms. The van der Waals surface area contributed by atoms with Gasteiger partial charge in [-0.25, -0.2) is 4.98 Å². The van der Waals surface area contributed by atoms with Crippen molar-refractivity contribution in [3.8, 4) is 11.1 Å². The third kappa shape index (κ3) is 4.31. The molecule has 2 heterocycles. The quantitative estimate of drug-likeness (QED) is 0.476. The molecule has 2 amide bonds. The van der Waals surface area contributed by atoms with Crippen molar-refractivity contribution in [1.29, 1.82) is 0 Å². The van der Waals surface area contributed by atoms with E-state index in [0.717, 1.165) is 16.7 Å². The van der Waals surface area contributed by atoms with Crippen molar-refractivity contribution < 1.29 is 9.59 Å². The van der Waals surface area contributed by atoms with Gasteiger partial charge in [-0.3, -0.25) is 19.0 Å². The van der Waals surface area contributed by atoms with Crippen molar-refractivity contribution >= 4 is 33.4 Å². The first-order valence-electron chi connectivity index (χ1n) is 10.1. The number of thiophene rings is 1. The number of rotatable bonds is 6. The van der Waals surface area contributed by atoms with E-state index in [1.165, 1.54) is 29.3 Å². The van der Waals surface area contributed by atoms with Crippen molar-refractivity contribution in [2.75, 3.05) is 7.05 Å². The molecule has 0 fully saturated rings. The zero-order valence-corrected chi connectivity index (χ0v) is 18.5. The van der Waals surface area contributed by atoms with Crippen LogP contribution >= 0.6 is 11.3 Å². The highest BCUT2D eigenvalue weighted by Crippen LogP contribution is 2.30. The molecule has 2 aromatic carbocycles. The van der Waals surface area contributed by atoms with Gasteiger partial charge >= 0.3 is 0 Å². The maximum atomic E-state index is 13.2. The summed E-state index contributed by atoms with van der Waals surface area (Å²) < 4.78 is 1.27. The second kappa shape index (κ2) is 9.15. The molecule has 4 aromatic rings. The van der Waals surface area contributed by atoms with Gasteiger partial charge in [0.15, 0.2) is 0 Å². The molecule has 0 radical (unpaired) electrons. The standard InChI is InChI=1S/C24H22N4O3S/c1-15-8-10-16(11-9-15)18-13-32-23-20(18)24(31)28(14-26-23)12-19(29)27-21(22(30)25-2)17-6-4-3-5-7-17/h3-11,13-14,21H,12H2,1-2H3,(H,25,30)(H,27,29). The second-order valence-corrected chi connectivity index (χ2v) is 8.26. The minimum absolute atomic E-state index is 0.245. The fourth-order valence-electron chi connectivity index (χ4n) is 3.48. The van der Waals surface area contributed by atoms with Crippen LogP contribution in [-0.4, -0.2) is 28.4 Å². The van der Waals surface area contributed by atoms with Gasteiger partial charge in [-0.1, -0.05) is 60.2 Å². The van der Waals surface area contributed by atoms with Gasteiger partial charge in [0.2, 0.25) is 11.8 Å². The van der Waals surface area contributed by atoms with E-state index in [9.17, 15) is 14.4 Å². The molecule has 0 bridgehead atoms. The van der Waals surface area contributed by atoms with Crippen LogP contribution in [0.1, 0.15) is 17.2 Å². The molecule has 1 unspecified atom stereocenters. The van der Waals surface area contributed by atoms with Crippen molar-refractivity contribution in [1.82, 2.24) is 20.2 Å². The monoisotopic (exact) mass is 446 g/mol. The number of nitrogens with one attached hydrogen (secondary N) is 2. The molecular weight excluding hydrogens is 424 g/mol. The number of carbonyl (C=O) groups is 2. The van der Waals surface area contributed by atoms with Gasteiger partial charge in [0.25, 0.3) is 5.56 Å². The fraction of sp³-hybridized carbons (Fsp3) is 0.167. The molecule has 8 heteroatoms. The summed E-state index contributed by atoms with van der Waals surface area (Å²) in [6.07, 6.45) is 1.37. The number of hydrogen-bond acceptors (Lipinski definition) is 5. The summed E-state index contributed by atoms with van der Waals surface area (Å²) in [5.41, 5.74) is 3.21. The Labute approximate surface area is 188 Å². The number of nitrogens with zero attached hydrogens (tertiary/aromatic N) is 2. The Morgan fingerprint density at radius 1 is 1.09 bits per heavy atom. The van der Waals surface area contributed by atoms with Crippen molar-refractivity contribution in [3.05, 3.63) is 87.8 Å². The first kappa shape index (κ1) is 21.5. The van der Waals surface area contributed by atoms with E-state index in [4.69, 9.17) is 0 Å². The van der Waals surface area contributed by atoms with Crippen LogP contribution in [0.5, 0.6) is 0 Å². The number of aromatic nitrogens is 2. The normalized spacial score (nSPS) is 11.8. The molecule has 162 valence electrons. The molecule has 0 aliphatic carbocycles. The molecule has 2 N–H and O–H groups in total. The number of benzene rings is 2. The highest BCUT2D eigenvalue weighted by molar-refractivity contribution is 7.17. The van der Waals surface area contributed by atoms with E-state index >= 15 is 0 Å². The molecular formula is C24H22N4O3S. The minimum atomic E-state index is -0.856. The molecule has 0 aliphatic rings. The van der Waals surface area contributed by atoms with E-state index in [-0.39, 0.29) is 18.0 Å². The Morgan fingerprint density at radius 3 is 2.50 bits per heavy atom. The molecule has 4 rings (SSSR count). The first-order valence-corrected chi connectivity index (χ1v) is 11.0. The van der Waals surface area contributed by atoms with Gasteiger partial charge in [0.1, 0.15) is 17.4 Å². The van der Waals surface area contributed by atoms with Crippen LogP contribution in [0, 0.1) is 6.92 Å². The van der Waals surface area contributed by atoms with Crippen LogP contribution < -0.4 is 16.2 Å². The lowest BCUT2D eigenvalue weighted by Gasteiger charge is -2.18. The van der Waals surface area contributed by atoms with Crippen molar-refractivity contribution in [3.63, 3.8) is 0 Å². The SMILES string of the molecule is CNC(=O)C(NC(=O)Cn1cnc2scc(-c3ccc(C)cc3)c2c1=O)c1ccccc1. The Balaban J connectivity index is 1.62. The number of aryl methyl sites for hydroxylation is 1. The van der Waals surface area contributed by atoms with Crippen LogP contribution in [0.3, 0.4) is 0 Å². The van der Waals surface area contributed by atoms with Gasteiger partial charge < -0.3 is 10.6 Å². The summed E-state index contributed by atoms with van der Waals surface area (Å²) in [5, 5.41) is 7.67. The lowest BCUT2D eigenvalue weighted by atomic mass is 10.1. The minimum Gasteiger partial charge on any atom is -0.357 e. The first-order chi connectivity index (χ1) is 15.5. The smallest absolute Gasteiger partial charge is 0.263 e. The predicted molar refractivity (Wildman–Crippen MR) is 125 cm³/mol. The topological polar surface area (TPSA) is 93.1 Å². The summed E-state index contributed by atoms with van der Waals surface area (Å²) in [7, 11) is 1.51. The number of carbonyl (C=O) groups excluding carboxylic acids is 2. The summed E-state index contributed by atoms with van der Waals surface area (Å²) in [4.78, 5) is 43.3. The van der Waals surface area contributed by atoms with E-state index in [0.29, 0.717) is 15.8 Å². The van der Waals surface area contributed by atoms with Crippen molar-refractivity contribution in [2.45, 2.75) is 19.5 Å². The van der Waals surface area contributed by atoms with Gasteiger partial charge in [0, 0.05) is 18.0 Å². The third-order valence-electron chi connectivity index (χ3n) is 5.18. The predicted octanol–water partition coefficient (Wildman–Crippen LogP) is 3.04. The fourth-order valence-corrected chi connectivity index (χ4v) is 4.38. The zero-order chi connectivity index (χ0) is 22.7. The Hall–Kier alpha value is -3.78. The summed E-state index contributed by atoms with van der Waals surface area (Å²) in [6, 6.07) is 16.0. The Morgan fingerprint density at radius 2 is 1.81 bits per heavy atom. The maximum Gasteiger partial charge on any atom is 0.263 e. The molecule has 1 atom stereocenters. The van der Waals surface area contributed by atoms with Gasteiger partial charge in [-0.2, -0.15) is 0 Å². The van der Waals surface area contributed by atoms with E-state index in [1.54, 1.807) is 24.3 Å². The van der Waals surface area contributed by atoms with Gasteiger partial charge in [-0.15, -0.1) is 11.3 Å². The second-order valence-electron chi connectivity index (χ2n) is 7.40. The number of hydrogen-bond donors (Lipinski definition) is 2. The molecule has 0 aliphatic heterocycles. The average molecular weight is 447 g/mol. The maximum absolute atomic E-state index is 13.2. The van der Waals surface area contributed by atoms with Crippen LogP contribution in [0.25, 0.3) is 21.3 Å². The van der Waals surface area contributed by atoms with Crippen LogP contribution in [0.15, 0.2) is 71.1 Å². The average Bonchev–Trinajstić information content (AvgIpc) is 3.25. The van der Waals surface area contributed by atoms with E-state index < -0.39 is 11.9 Å². The zero-order valence-electron chi connectivity index (χ0n) is 17.7. The summed E-state index contributed by atoms with van der Waals surface area (Å²) in [5.74, 6) is -0.803. The van der Waals surface area contributed by atoms with Crippen LogP contribution in [0.2, 0.25) is 0 Å². The van der Waals surface area contributed by atoms with Gasteiger partial charge in [0.05, 0.1) is 11.7 Å². The van der Waals surface area contributed by atoms with Crippen LogP contribution in [0.4, 0.5) is 0 Å². The molecule has 0 saturated carbocycles. The summed E-state index contributed by atoms with van der Waals surface area (Å²) in [6.45, 7) is 1.76. The number of likely N-dealkylation sites (N-methyl/N-ethyl adjacent to an activating group) is 1. The Kier molecular flexibility index (Phi) is 6.13. The number of amides is 2. The highest BCUT2D eigenvalue weighted by Gasteiger charge is 2.22. The third-order valence-corrected chi connectivity index (χ3v) is 6.07. The lowest BCUT2D eigenvalue weighted by Crippen LogP contribution is -2.41. The molecule has 7 nitrogen and oxygen atoms in total. The summed E-state index contributed by atoms with van der Waals surface area (Å²) >= 11 is 1.39. The Bertz CT molecular complexity index is 1330. The number of fused-ring (bicyclic) bond motifs is 1. The van der Waals surface area contributed by atoms with Crippen LogP contribution in [-0.2, 0) is 16.1 Å². The van der Waals surface area contributed by atoms with Crippen molar-refractivity contribution in [2.24, 2.45) is 0 Å².